The van der Waals surface area contributed by atoms with Gasteiger partial charge in [0, 0.05) is 4.99 Å². The summed E-state index contributed by atoms with van der Waals surface area (Å²) < 4.78 is 5.94. The van der Waals surface area contributed by atoms with Crippen LogP contribution in [-0.2, 0) is 9.53 Å². The number of allylic oxidation sites excluding steroid dienone is 1. The summed E-state index contributed by atoms with van der Waals surface area (Å²) in [6.45, 7) is 2.25. The Kier molecular flexibility index (Phi) is 10.4. The van der Waals surface area contributed by atoms with E-state index < -0.39 is 0 Å². The van der Waals surface area contributed by atoms with Crippen molar-refractivity contribution in [1.82, 2.24) is 0 Å². The Morgan fingerprint density at radius 2 is 1.48 bits per heavy atom. The molecule has 0 aromatic carbocycles. The lowest BCUT2D eigenvalue weighted by Crippen LogP contribution is -1.98. The molecular formula is C17H26Br2O2. The summed E-state index contributed by atoms with van der Waals surface area (Å²) in [4.78, 5) is 13.3. The lowest BCUT2D eigenvalue weighted by molar-refractivity contribution is -0.133. The van der Waals surface area contributed by atoms with Crippen molar-refractivity contribution in [2.24, 2.45) is 0 Å². The van der Waals surface area contributed by atoms with E-state index in [1.807, 2.05) is 0 Å². The van der Waals surface area contributed by atoms with E-state index in [-0.39, 0.29) is 5.97 Å². The molecule has 0 N–H and O–H groups in total. The molecule has 0 bridgehead atoms. The second-order valence-corrected chi connectivity index (χ2v) is 6.84. The molecule has 0 radical (unpaired) electrons. The molecule has 2 nitrogen and oxygen atoms in total. The zero-order chi connectivity index (χ0) is 15.5. The molecule has 0 saturated heterocycles. The summed E-state index contributed by atoms with van der Waals surface area (Å²) in [6.07, 6.45) is 13.9. The summed E-state index contributed by atoms with van der Waals surface area (Å²) in [5.41, 5.74) is 0.778. The quantitative estimate of drug-likeness (QED) is 0.272. The van der Waals surface area contributed by atoms with E-state index in [0.29, 0.717) is 5.76 Å². The van der Waals surface area contributed by atoms with Crippen molar-refractivity contribution in [3.8, 4) is 0 Å². The standard InChI is InChI=1S/C17H26Br2O2/c1-2-3-4-5-6-7-8-9-10-11-12-14-16(19)15(13-18)21-17(14)20/h13H,2-12H2,1H3/b15-13+. The topological polar surface area (TPSA) is 26.3 Å². The van der Waals surface area contributed by atoms with E-state index in [4.69, 9.17) is 4.74 Å². The monoisotopic (exact) mass is 420 g/mol. The number of carbonyl (C=O) groups is 1. The predicted molar refractivity (Wildman–Crippen MR) is 95.5 cm³/mol. The SMILES string of the molecule is CCCCCCCCCCCCC1=C(Br)/C(=C\Br)OC1=O. The van der Waals surface area contributed by atoms with Crippen LogP contribution in [0.3, 0.4) is 0 Å². The molecule has 0 fully saturated rings. The zero-order valence-corrected chi connectivity index (χ0v) is 16.1. The van der Waals surface area contributed by atoms with Gasteiger partial charge in [-0.25, -0.2) is 4.79 Å². The molecular weight excluding hydrogens is 396 g/mol. The van der Waals surface area contributed by atoms with Crippen LogP contribution in [0.15, 0.2) is 20.8 Å². The van der Waals surface area contributed by atoms with Crippen molar-refractivity contribution in [3.63, 3.8) is 0 Å². The second-order valence-electron chi connectivity index (χ2n) is 5.59. The van der Waals surface area contributed by atoms with Crippen molar-refractivity contribution < 1.29 is 9.53 Å². The Morgan fingerprint density at radius 1 is 0.952 bits per heavy atom. The fraction of sp³-hybridized carbons (Fsp3) is 0.706. The largest absolute Gasteiger partial charge is 0.421 e. The minimum Gasteiger partial charge on any atom is -0.421 e. The lowest BCUT2D eigenvalue weighted by atomic mass is 10.0. The molecule has 0 aliphatic carbocycles. The molecule has 1 aliphatic heterocycles. The zero-order valence-electron chi connectivity index (χ0n) is 12.9. The van der Waals surface area contributed by atoms with E-state index in [1.54, 1.807) is 4.99 Å². The van der Waals surface area contributed by atoms with Gasteiger partial charge in [-0.05, 0) is 28.8 Å². The smallest absolute Gasteiger partial charge is 0.340 e. The van der Waals surface area contributed by atoms with E-state index in [9.17, 15) is 4.79 Å². The van der Waals surface area contributed by atoms with Crippen LogP contribution in [0.1, 0.15) is 77.6 Å². The number of hydrogen-bond donors (Lipinski definition) is 0. The van der Waals surface area contributed by atoms with Gasteiger partial charge in [0.2, 0.25) is 0 Å². The van der Waals surface area contributed by atoms with Gasteiger partial charge < -0.3 is 4.74 Å². The van der Waals surface area contributed by atoms with Crippen molar-refractivity contribution >= 4 is 37.8 Å². The lowest BCUT2D eigenvalue weighted by Gasteiger charge is -2.02. The Bertz CT molecular complexity index is 386. The average Bonchev–Trinajstić information content (AvgIpc) is 2.76. The van der Waals surface area contributed by atoms with Crippen molar-refractivity contribution in [3.05, 3.63) is 20.8 Å². The molecule has 120 valence electrons. The highest BCUT2D eigenvalue weighted by molar-refractivity contribution is 9.12. The van der Waals surface area contributed by atoms with Crippen LogP contribution >= 0.6 is 31.9 Å². The van der Waals surface area contributed by atoms with E-state index in [1.165, 1.54) is 57.8 Å². The Balaban J connectivity index is 2.04. The number of esters is 1. The summed E-state index contributed by atoms with van der Waals surface area (Å²) in [5, 5.41) is 0. The highest BCUT2D eigenvalue weighted by atomic mass is 79.9. The normalized spacial score (nSPS) is 16.9. The van der Waals surface area contributed by atoms with Gasteiger partial charge in [0.1, 0.15) is 0 Å². The maximum absolute atomic E-state index is 11.7. The predicted octanol–water partition coefficient (Wildman–Crippen LogP) is 6.74. The number of carbonyl (C=O) groups excluding carboxylic acids is 1. The first kappa shape index (κ1) is 19.0. The molecule has 21 heavy (non-hydrogen) atoms. The number of hydrogen-bond acceptors (Lipinski definition) is 2. The van der Waals surface area contributed by atoms with Crippen molar-refractivity contribution in [1.29, 1.82) is 0 Å². The van der Waals surface area contributed by atoms with Gasteiger partial charge in [0.25, 0.3) is 0 Å². The minimum atomic E-state index is -0.205. The summed E-state index contributed by atoms with van der Waals surface area (Å²) in [6, 6.07) is 0. The number of unbranched alkanes of at least 4 members (excludes halogenated alkanes) is 9. The molecule has 0 aromatic heterocycles. The van der Waals surface area contributed by atoms with Crippen molar-refractivity contribution in [2.45, 2.75) is 77.6 Å². The van der Waals surface area contributed by atoms with Crippen LogP contribution in [0.2, 0.25) is 0 Å². The van der Waals surface area contributed by atoms with Gasteiger partial charge in [0.05, 0.1) is 10.1 Å². The van der Waals surface area contributed by atoms with Crippen LogP contribution in [0.5, 0.6) is 0 Å². The maximum Gasteiger partial charge on any atom is 0.340 e. The van der Waals surface area contributed by atoms with Gasteiger partial charge in [0.15, 0.2) is 5.76 Å². The fourth-order valence-corrected chi connectivity index (χ4v) is 3.70. The third kappa shape index (κ3) is 7.14. The maximum atomic E-state index is 11.7. The van der Waals surface area contributed by atoms with E-state index in [0.717, 1.165) is 22.9 Å². The van der Waals surface area contributed by atoms with Crippen LogP contribution in [0, 0.1) is 0 Å². The number of halogens is 2. The Morgan fingerprint density at radius 3 is 1.95 bits per heavy atom. The fourth-order valence-electron chi connectivity index (χ4n) is 2.52. The number of rotatable bonds is 11. The van der Waals surface area contributed by atoms with Crippen LogP contribution < -0.4 is 0 Å². The second kappa shape index (κ2) is 11.5. The van der Waals surface area contributed by atoms with E-state index >= 15 is 0 Å². The number of cyclic esters (lactones) is 1. The molecule has 0 unspecified atom stereocenters. The Labute approximate surface area is 145 Å². The summed E-state index contributed by atoms with van der Waals surface area (Å²) >= 11 is 6.63. The molecule has 0 saturated carbocycles. The molecule has 0 aromatic rings. The molecule has 0 atom stereocenters. The van der Waals surface area contributed by atoms with Gasteiger partial charge >= 0.3 is 5.97 Å². The first-order valence-corrected chi connectivity index (χ1v) is 9.83. The van der Waals surface area contributed by atoms with Gasteiger partial charge in [-0.1, -0.05) is 80.6 Å². The third-order valence-corrected chi connectivity index (χ3v) is 5.09. The first-order chi connectivity index (χ1) is 10.2. The average molecular weight is 422 g/mol. The van der Waals surface area contributed by atoms with Gasteiger partial charge in [-0.3, -0.25) is 0 Å². The molecule has 1 heterocycles. The van der Waals surface area contributed by atoms with Crippen LogP contribution in [0.25, 0.3) is 0 Å². The molecule has 1 rings (SSSR count). The van der Waals surface area contributed by atoms with Crippen molar-refractivity contribution in [2.75, 3.05) is 0 Å². The highest BCUT2D eigenvalue weighted by Gasteiger charge is 2.27. The summed E-state index contributed by atoms with van der Waals surface area (Å²) in [7, 11) is 0. The molecule has 0 spiro atoms. The molecule has 1 aliphatic rings. The van der Waals surface area contributed by atoms with Crippen LogP contribution in [-0.4, -0.2) is 5.97 Å². The first-order valence-electron chi connectivity index (χ1n) is 8.12. The number of ether oxygens (including phenoxy) is 1. The van der Waals surface area contributed by atoms with Gasteiger partial charge in [-0.15, -0.1) is 0 Å². The van der Waals surface area contributed by atoms with Crippen LogP contribution in [0.4, 0.5) is 0 Å². The Hall–Kier alpha value is -0.0900. The molecule has 4 heteroatoms. The minimum absolute atomic E-state index is 0.205. The highest BCUT2D eigenvalue weighted by Crippen LogP contribution is 2.34. The summed E-state index contributed by atoms with van der Waals surface area (Å²) in [5.74, 6) is 0.380. The van der Waals surface area contributed by atoms with E-state index in [2.05, 4.69) is 38.8 Å². The molecule has 0 amide bonds. The van der Waals surface area contributed by atoms with Gasteiger partial charge in [-0.2, -0.15) is 0 Å². The third-order valence-electron chi connectivity index (χ3n) is 3.81.